The lowest BCUT2D eigenvalue weighted by atomic mass is 10.2. The number of rotatable bonds is 7. The zero-order valence-corrected chi connectivity index (χ0v) is 16.2. The molecule has 3 rings (SSSR count). The van der Waals surface area contributed by atoms with Crippen LogP contribution in [0.2, 0.25) is 0 Å². The quantitative estimate of drug-likeness (QED) is 0.699. The Balaban J connectivity index is 1.64. The summed E-state index contributed by atoms with van der Waals surface area (Å²) in [6.45, 7) is 4.93. The van der Waals surface area contributed by atoms with Crippen molar-refractivity contribution in [2.75, 3.05) is 57.6 Å². The second-order valence-electron chi connectivity index (χ2n) is 5.72. The number of benzene rings is 1. The van der Waals surface area contributed by atoms with E-state index in [0.717, 1.165) is 38.6 Å². The molecular formula is C17H22BrN5O3. The Labute approximate surface area is 160 Å². The lowest BCUT2D eigenvalue weighted by Gasteiger charge is -2.26. The molecule has 1 saturated heterocycles. The van der Waals surface area contributed by atoms with Crippen molar-refractivity contribution >= 4 is 33.4 Å². The van der Waals surface area contributed by atoms with Gasteiger partial charge < -0.3 is 25.3 Å². The van der Waals surface area contributed by atoms with Gasteiger partial charge in [0.1, 0.15) is 23.9 Å². The number of nitrogens with two attached hydrogens (primary N) is 1. The van der Waals surface area contributed by atoms with Gasteiger partial charge in [-0.25, -0.2) is 4.98 Å². The summed E-state index contributed by atoms with van der Waals surface area (Å²) in [6, 6.07) is 5.58. The fourth-order valence-corrected chi connectivity index (χ4v) is 2.74. The van der Waals surface area contributed by atoms with Gasteiger partial charge in [-0.1, -0.05) is 0 Å². The number of halogens is 1. The summed E-state index contributed by atoms with van der Waals surface area (Å²) in [5, 5.41) is 3.12. The molecule has 1 aromatic heterocycles. The average molecular weight is 424 g/mol. The third kappa shape index (κ3) is 4.96. The minimum absolute atomic E-state index is 0.361. The number of aromatic nitrogens is 2. The normalized spacial score (nSPS) is 14.8. The Morgan fingerprint density at radius 1 is 1.35 bits per heavy atom. The Morgan fingerprint density at radius 2 is 2.15 bits per heavy atom. The van der Waals surface area contributed by atoms with Gasteiger partial charge in [-0.05, 0) is 28.1 Å². The molecule has 2 heterocycles. The van der Waals surface area contributed by atoms with Gasteiger partial charge in [0.15, 0.2) is 0 Å². The van der Waals surface area contributed by atoms with Crippen LogP contribution in [-0.4, -0.2) is 61.4 Å². The van der Waals surface area contributed by atoms with Gasteiger partial charge in [0.2, 0.25) is 5.95 Å². The van der Waals surface area contributed by atoms with E-state index in [0.29, 0.717) is 34.3 Å². The van der Waals surface area contributed by atoms with E-state index in [-0.39, 0.29) is 0 Å². The van der Waals surface area contributed by atoms with Gasteiger partial charge in [-0.2, -0.15) is 4.98 Å². The third-order valence-electron chi connectivity index (χ3n) is 3.97. The molecule has 26 heavy (non-hydrogen) atoms. The van der Waals surface area contributed by atoms with E-state index in [1.165, 1.54) is 0 Å². The molecule has 0 unspecified atom stereocenters. The van der Waals surface area contributed by atoms with Crippen molar-refractivity contribution in [3.05, 3.63) is 28.9 Å². The average Bonchev–Trinajstić information content (AvgIpc) is 2.66. The second-order valence-corrected chi connectivity index (χ2v) is 6.57. The van der Waals surface area contributed by atoms with E-state index in [9.17, 15) is 0 Å². The number of nitrogens with zero attached hydrogens (tertiary/aromatic N) is 3. The van der Waals surface area contributed by atoms with E-state index in [1.807, 2.05) is 18.2 Å². The summed E-state index contributed by atoms with van der Waals surface area (Å²) in [5.41, 5.74) is 6.51. The zero-order chi connectivity index (χ0) is 18.4. The van der Waals surface area contributed by atoms with E-state index in [2.05, 4.69) is 36.1 Å². The Morgan fingerprint density at radius 3 is 2.88 bits per heavy atom. The molecular weight excluding hydrogens is 402 g/mol. The standard InChI is InChI=1S/C17H22BrN5O3/c1-24-15-3-2-12(26-9-6-23-4-7-25-8-5-23)10-14(15)21-17-20-11-13(18)16(19)22-17/h2-3,10-11H,4-9H2,1H3,(H3,19,20,21,22). The van der Waals surface area contributed by atoms with Crippen LogP contribution >= 0.6 is 15.9 Å². The molecule has 0 saturated carbocycles. The molecule has 0 atom stereocenters. The molecule has 2 aromatic rings. The summed E-state index contributed by atoms with van der Waals surface area (Å²) in [7, 11) is 1.61. The highest BCUT2D eigenvalue weighted by Crippen LogP contribution is 2.31. The number of nitrogen functional groups attached to an aromatic ring is 1. The highest BCUT2D eigenvalue weighted by molar-refractivity contribution is 9.10. The van der Waals surface area contributed by atoms with Gasteiger partial charge in [-0.3, -0.25) is 4.90 Å². The first-order valence-electron chi connectivity index (χ1n) is 8.31. The molecule has 0 spiro atoms. The molecule has 140 valence electrons. The first kappa shape index (κ1) is 18.7. The lowest BCUT2D eigenvalue weighted by molar-refractivity contribution is 0.0322. The summed E-state index contributed by atoms with van der Waals surface area (Å²) < 4.78 is 17.3. The van der Waals surface area contributed by atoms with Crippen molar-refractivity contribution in [1.29, 1.82) is 0 Å². The van der Waals surface area contributed by atoms with Crippen LogP contribution < -0.4 is 20.5 Å². The molecule has 0 aliphatic carbocycles. The smallest absolute Gasteiger partial charge is 0.229 e. The van der Waals surface area contributed by atoms with Gasteiger partial charge >= 0.3 is 0 Å². The van der Waals surface area contributed by atoms with E-state index >= 15 is 0 Å². The number of hydrogen-bond acceptors (Lipinski definition) is 8. The summed E-state index contributed by atoms with van der Waals surface area (Å²) in [5.74, 6) is 2.15. The van der Waals surface area contributed by atoms with Crippen molar-refractivity contribution in [1.82, 2.24) is 14.9 Å². The van der Waals surface area contributed by atoms with Crippen LogP contribution in [0.25, 0.3) is 0 Å². The van der Waals surface area contributed by atoms with Gasteiger partial charge in [0.25, 0.3) is 0 Å². The molecule has 0 bridgehead atoms. The number of methoxy groups -OCH3 is 1. The van der Waals surface area contributed by atoms with Crippen molar-refractivity contribution < 1.29 is 14.2 Å². The predicted molar refractivity (Wildman–Crippen MR) is 103 cm³/mol. The molecule has 1 aliphatic rings. The maximum Gasteiger partial charge on any atom is 0.229 e. The van der Waals surface area contributed by atoms with Gasteiger partial charge in [0, 0.05) is 31.9 Å². The first-order chi connectivity index (χ1) is 12.7. The van der Waals surface area contributed by atoms with Crippen molar-refractivity contribution in [2.45, 2.75) is 0 Å². The van der Waals surface area contributed by atoms with E-state index < -0.39 is 0 Å². The van der Waals surface area contributed by atoms with E-state index in [4.69, 9.17) is 19.9 Å². The Hall–Kier alpha value is -2.10. The fraction of sp³-hybridized carbons (Fsp3) is 0.412. The van der Waals surface area contributed by atoms with Crippen LogP contribution in [0.4, 0.5) is 17.5 Å². The maximum absolute atomic E-state index is 5.88. The number of morpholine rings is 1. The summed E-state index contributed by atoms with van der Waals surface area (Å²) in [6.07, 6.45) is 1.60. The summed E-state index contributed by atoms with van der Waals surface area (Å²) in [4.78, 5) is 10.7. The maximum atomic E-state index is 5.88. The largest absolute Gasteiger partial charge is 0.495 e. The fourth-order valence-electron chi connectivity index (χ4n) is 2.55. The monoisotopic (exact) mass is 423 g/mol. The minimum atomic E-state index is 0.361. The van der Waals surface area contributed by atoms with Gasteiger partial charge in [0.05, 0.1) is 30.5 Å². The Kier molecular flexibility index (Phi) is 6.48. The van der Waals surface area contributed by atoms with E-state index in [1.54, 1.807) is 13.3 Å². The zero-order valence-electron chi connectivity index (χ0n) is 14.6. The molecule has 0 radical (unpaired) electrons. The number of hydrogen-bond donors (Lipinski definition) is 2. The SMILES string of the molecule is COc1ccc(OCCN2CCOCC2)cc1Nc1ncc(Br)c(N)n1. The van der Waals surface area contributed by atoms with Crippen LogP contribution in [0.3, 0.4) is 0 Å². The Bertz CT molecular complexity index is 740. The number of nitrogens with one attached hydrogen (secondary N) is 1. The second kappa shape index (κ2) is 9.02. The molecule has 1 aliphatic heterocycles. The van der Waals surface area contributed by atoms with Crippen LogP contribution in [0.5, 0.6) is 11.5 Å². The third-order valence-corrected chi connectivity index (χ3v) is 4.58. The van der Waals surface area contributed by atoms with Crippen molar-refractivity contribution in [3.8, 4) is 11.5 Å². The van der Waals surface area contributed by atoms with Crippen molar-refractivity contribution in [3.63, 3.8) is 0 Å². The van der Waals surface area contributed by atoms with Crippen LogP contribution in [0.15, 0.2) is 28.9 Å². The van der Waals surface area contributed by atoms with Gasteiger partial charge in [-0.15, -0.1) is 0 Å². The molecule has 0 amide bonds. The topological polar surface area (TPSA) is 94.8 Å². The molecule has 9 heteroatoms. The van der Waals surface area contributed by atoms with Crippen LogP contribution in [0.1, 0.15) is 0 Å². The number of ether oxygens (including phenoxy) is 3. The molecule has 8 nitrogen and oxygen atoms in total. The minimum Gasteiger partial charge on any atom is -0.495 e. The lowest BCUT2D eigenvalue weighted by Crippen LogP contribution is -2.38. The molecule has 3 N–H and O–H groups in total. The van der Waals surface area contributed by atoms with Crippen molar-refractivity contribution in [2.24, 2.45) is 0 Å². The highest BCUT2D eigenvalue weighted by atomic mass is 79.9. The van der Waals surface area contributed by atoms with Crippen LogP contribution in [-0.2, 0) is 4.74 Å². The molecule has 1 fully saturated rings. The van der Waals surface area contributed by atoms with Crippen LogP contribution in [0, 0.1) is 0 Å². The number of anilines is 3. The molecule has 1 aromatic carbocycles. The first-order valence-corrected chi connectivity index (χ1v) is 9.11. The highest BCUT2D eigenvalue weighted by Gasteiger charge is 2.11. The summed E-state index contributed by atoms with van der Waals surface area (Å²) >= 11 is 3.28. The predicted octanol–water partition coefficient (Wildman–Crippen LogP) is 2.28.